The van der Waals surface area contributed by atoms with Crippen molar-refractivity contribution in [1.29, 1.82) is 0 Å². The van der Waals surface area contributed by atoms with E-state index in [9.17, 15) is 9.59 Å². The standard InChI is InChI=1S/C21H30N2O2/c1-14(2)18-7-5-6-16(4)20(18)23-13-17(12-19(23)24)21(25)22-10-8-15(3)9-11-22/h5-7,14-15,17H,8-13H2,1-4H3. The highest BCUT2D eigenvalue weighted by molar-refractivity contribution is 6.01. The Labute approximate surface area is 151 Å². The summed E-state index contributed by atoms with van der Waals surface area (Å²) in [6.07, 6.45) is 2.49. The van der Waals surface area contributed by atoms with Gasteiger partial charge in [-0.25, -0.2) is 0 Å². The number of benzene rings is 1. The highest BCUT2D eigenvalue weighted by atomic mass is 16.2. The van der Waals surface area contributed by atoms with E-state index < -0.39 is 0 Å². The van der Waals surface area contributed by atoms with Crippen LogP contribution in [-0.4, -0.2) is 36.3 Å². The fraction of sp³-hybridized carbons (Fsp3) is 0.619. The van der Waals surface area contributed by atoms with Crippen LogP contribution in [-0.2, 0) is 9.59 Å². The molecule has 0 spiro atoms. The fourth-order valence-corrected chi connectivity index (χ4v) is 4.09. The third kappa shape index (κ3) is 3.58. The Morgan fingerprint density at radius 1 is 1.20 bits per heavy atom. The average molecular weight is 342 g/mol. The molecular weight excluding hydrogens is 312 g/mol. The van der Waals surface area contributed by atoms with E-state index in [-0.39, 0.29) is 17.7 Å². The van der Waals surface area contributed by atoms with Crippen LogP contribution in [0.25, 0.3) is 0 Å². The van der Waals surface area contributed by atoms with Crippen LogP contribution in [0.5, 0.6) is 0 Å². The molecule has 0 radical (unpaired) electrons. The average Bonchev–Trinajstić information content (AvgIpc) is 2.96. The van der Waals surface area contributed by atoms with Gasteiger partial charge in [0.15, 0.2) is 0 Å². The minimum absolute atomic E-state index is 0.0833. The molecule has 2 amide bonds. The van der Waals surface area contributed by atoms with Crippen molar-refractivity contribution in [2.75, 3.05) is 24.5 Å². The van der Waals surface area contributed by atoms with Gasteiger partial charge in [0.1, 0.15) is 0 Å². The van der Waals surface area contributed by atoms with Crippen molar-refractivity contribution >= 4 is 17.5 Å². The molecule has 2 aliphatic rings. The second kappa shape index (κ2) is 7.19. The molecule has 2 saturated heterocycles. The summed E-state index contributed by atoms with van der Waals surface area (Å²) < 4.78 is 0. The lowest BCUT2D eigenvalue weighted by Crippen LogP contribution is -2.42. The van der Waals surface area contributed by atoms with Crippen LogP contribution >= 0.6 is 0 Å². The van der Waals surface area contributed by atoms with Crippen molar-refractivity contribution in [3.63, 3.8) is 0 Å². The Bertz CT molecular complexity index is 660. The van der Waals surface area contributed by atoms with Gasteiger partial charge in [0.2, 0.25) is 11.8 Å². The minimum Gasteiger partial charge on any atom is -0.342 e. The second-order valence-corrected chi connectivity index (χ2v) is 8.08. The van der Waals surface area contributed by atoms with Gasteiger partial charge in [0.05, 0.1) is 5.92 Å². The molecule has 1 aromatic rings. The van der Waals surface area contributed by atoms with Crippen LogP contribution in [0.3, 0.4) is 0 Å². The zero-order chi connectivity index (χ0) is 18.1. The molecule has 1 atom stereocenters. The second-order valence-electron chi connectivity index (χ2n) is 8.08. The number of carbonyl (C=O) groups excluding carboxylic acids is 2. The number of aryl methyl sites for hydroxylation is 1. The van der Waals surface area contributed by atoms with Gasteiger partial charge in [-0.1, -0.05) is 39.0 Å². The van der Waals surface area contributed by atoms with Gasteiger partial charge < -0.3 is 9.80 Å². The number of rotatable bonds is 3. The molecule has 2 aliphatic heterocycles. The lowest BCUT2D eigenvalue weighted by Gasteiger charge is -2.32. The smallest absolute Gasteiger partial charge is 0.228 e. The molecule has 2 heterocycles. The molecule has 136 valence electrons. The summed E-state index contributed by atoms with van der Waals surface area (Å²) in [6.45, 7) is 10.8. The zero-order valence-electron chi connectivity index (χ0n) is 15.9. The van der Waals surface area contributed by atoms with E-state index in [1.165, 1.54) is 5.56 Å². The van der Waals surface area contributed by atoms with E-state index in [0.717, 1.165) is 37.2 Å². The molecule has 1 unspecified atom stereocenters. The molecule has 3 rings (SSSR count). The van der Waals surface area contributed by atoms with Gasteiger partial charge in [-0.3, -0.25) is 9.59 Å². The number of nitrogens with zero attached hydrogens (tertiary/aromatic N) is 2. The van der Waals surface area contributed by atoms with Crippen molar-refractivity contribution in [1.82, 2.24) is 4.90 Å². The summed E-state index contributed by atoms with van der Waals surface area (Å²) in [6, 6.07) is 6.20. The third-order valence-corrected chi connectivity index (χ3v) is 5.73. The highest BCUT2D eigenvalue weighted by Gasteiger charge is 2.39. The Kier molecular flexibility index (Phi) is 5.16. The maximum Gasteiger partial charge on any atom is 0.228 e. The number of likely N-dealkylation sites (tertiary alicyclic amines) is 1. The predicted octanol–water partition coefficient (Wildman–Crippen LogP) is 3.73. The number of hydrogen-bond acceptors (Lipinski definition) is 2. The summed E-state index contributed by atoms with van der Waals surface area (Å²) in [7, 11) is 0. The van der Waals surface area contributed by atoms with E-state index >= 15 is 0 Å². The third-order valence-electron chi connectivity index (χ3n) is 5.73. The SMILES string of the molecule is Cc1cccc(C(C)C)c1N1CC(C(=O)N2CCC(C)CC2)CC1=O. The summed E-state index contributed by atoms with van der Waals surface area (Å²) in [5, 5.41) is 0. The first-order valence-corrected chi connectivity index (χ1v) is 9.57. The lowest BCUT2D eigenvalue weighted by molar-refractivity contribution is -0.137. The van der Waals surface area contributed by atoms with Crippen molar-refractivity contribution in [3.05, 3.63) is 29.3 Å². The van der Waals surface area contributed by atoms with E-state index in [1.54, 1.807) is 0 Å². The van der Waals surface area contributed by atoms with E-state index in [2.05, 4.69) is 39.8 Å². The number of hydrogen-bond donors (Lipinski definition) is 0. The largest absolute Gasteiger partial charge is 0.342 e. The van der Waals surface area contributed by atoms with Gasteiger partial charge >= 0.3 is 0 Å². The molecule has 4 heteroatoms. The first kappa shape index (κ1) is 18.0. The highest BCUT2D eigenvalue weighted by Crippen LogP contribution is 2.35. The van der Waals surface area contributed by atoms with Gasteiger partial charge in [-0.15, -0.1) is 0 Å². The van der Waals surface area contributed by atoms with Gasteiger partial charge in [-0.05, 0) is 42.7 Å². The molecule has 0 N–H and O–H groups in total. The minimum atomic E-state index is -0.194. The molecule has 0 aromatic heterocycles. The van der Waals surface area contributed by atoms with Crippen LogP contribution in [0.1, 0.15) is 57.1 Å². The van der Waals surface area contributed by atoms with Crippen LogP contribution in [0.15, 0.2) is 18.2 Å². The first-order chi connectivity index (χ1) is 11.9. The number of anilines is 1. The van der Waals surface area contributed by atoms with Gasteiger partial charge in [0.25, 0.3) is 0 Å². The van der Waals surface area contributed by atoms with E-state index in [0.29, 0.717) is 24.8 Å². The number of amides is 2. The molecule has 25 heavy (non-hydrogen) atoms. The normalized spacial score (nSPS) is 22.1. The number of para-hydroxylation sites is 1. The monoisotopic (exact) mass is 342 g/mol. The molecule has 0 bridgehead atoms. The maximum absolute atomic E-state index is 12.9. The molecular formula is C21H30N2O2. The van der Waals surface area contributed by atoms with Gasteiger partial charge in [-0.2, -0.15) is 0 Å². The molecule has 0 saturated carbocycles. The molecule has 2 fully saturated rings. The van der Waals surface area contributed by atoms with Crippen LogP contribution in [0.4, 0.5) is 5.69 Å². The quantitative estimate of drug-likeness (QED) is 0.840. The van der Waals surface area contributed by atoms with Crippen molar-refractivity contribution < 1.29 is 9.59 Å². The predicted molar refractivity (Wildman–Crippen MR) is 101 cm³/mol. The molecule has 1 aromatic carbocycles. The summed E-state index contributed by atoms with van der Waals surface area (Å²) in [5.41, 5.74) is 3.32. The zero-order valence-corrected chi connectivity index (χ0v) is 15.9. The fourth-order valence-electron chi connectivity index (χ4n) is 4.09. The van der Waals surface area contributed by atoms with Crippen molar-refractivity contribution in [2.24, 2.45) is 11.8 Å². The van der Waals surface area contributed by atoms with Crippen molar-refractivity contribution in [2.45, 2.75) is 52.9 Å². The Hall–Kier alpha value is -1.84. The van der Waals surface area contributed by atoms with Gasteiger partial charge in [0, 0.05) is 31.7 Å². The number of piperidine rings is 1. The summed E-state index contributed by atoms with van der Waals surface area (Å²) in [5.74, 6) is 1.11. The maximum atomic E-state index is 12.9. The Morgan fingerprint density at radius 2 is 1.88 bits per heavy atom. The Morgan fingerprint density at radius 3 is 2.52 bits per heavy atom. The summed E-state index contributed by atoms with van der Waals surface area (Å²) >= 11 is 0. The van der Waals surface area contributed by atoms with Crippen LogP contribution < -0.4 is 4.90 Å². The number of carbonyl (C=O) groups is 2. The van der Waals surface area contributed by atoms with Crippen LogP contribution in [0.2, 0.25) is 0 Å². The van der Waals surface area contributed by atoms with Crippen molar-refractivity contribution in [3.8, 4) is 0 Å². The Balaban J connectivity index is 1.78. The summed E-state index contributed by atoms with van der Waals surface area (Å²) in [4.78, 5) is 29.4. The first-order valence-electron chi connectivity index (χ1n) is 9.57. The van der Waals surface area contributed by atoms with E-state index in [4.69, 9.17) is 0 Å². The topological polar surface area (TPSA) is 40.6 Å². The van der Waals surface area contributed by atoms with Crippen LogP contribution in [0, 0.1) is 18.8 Å². The van der Waals surface area contributed by atoms with E-state index in [1.807, 2.05) is 15.9 Å². The lowest BCUT2D eigenvalue weighted by atomic mass is 9.97. The molecule has 0 aliphatic carbocycles. The molecule has 4 nitrogen and oxygen atoms in total.